The topological polar surface area (TPSA) is 67.4 Å². The van der Waals surface area contributed by atoms with Gasteiger partial charge in [-0.25, -0.2) is 9.97 Å². The molecule has 1 aliphatic heterocycles. The standard InChI is InChI=1S/C19H28N4O2/c1-12(2)17-15(18(24)23-5-7-25-8-6-23)11-20-19(22-17)21-16-10-13-3-4-14(16)9-13/h11-14,16H,3-10H2,1-2H3,(H,20,21,22). The number of nitrogens with one attached hydrogen (secondary N) is 1. The molecule has 3 unspecified atom stereocenters. The molecule has 4 rings (SSSR count). The van der Waals surface area contributed by atoms with E-state index in [1.165, 1.54) is 25.7 Å². The normalized spacial score (nSPS) is 28.6. The van der Waals surface area contributed by atoms with Gasteiger partial charge in [0.1, 0.15) is 0 Å². The molecule has 1 aromatic heterocycles. The summed E-state index contributed by atoms with van der Waals surface area (Å²) >= 11 is 0. The van der Waals surface area contributed by atoms with E-state index >= 15 is 0 Å². The van der Waals surface area contributed by atoms with Crippen LogP contribution in [-0.4, -0.2) is 53.1 Å². The van der Waals surface area contributed by atoms with Crippen LogP contribution in [0.3, 0.4) is 0 Å². The van der Waals surface area contributed by atoms with E-state index in [9.17, 15) is 4.79 Å². The zero-order valence-electron chi connectivity index (χ0n) is 15.2. The molecule has 0 aromatic carbocycles. The van der Waals surface area contributed by atoms with Crippen molar-refractivity contribution in [2.24, 2.45) is 11.8 Å². The van der Waals surface area contributed by atoms with Crippen LogP contribution >= 0.6 is 0 Å². The lowest BCUT2D eigenvalue weighted by Crippen LogP contribution is -2.41. The number of nitrogens with zero attached hydrogens (tertiary/aromatic N) is 3. The molecule has 1 aromatic rings. The van der Waals surface area contributed by atoms with Crippen LogP contribution in [0.15, 0.2) is 6.20 Å². The average molecular weight is 344 g/mol. The number of hydrogen-bond acceptors (Lipinski definition) is 5. The fraction of sp³-hybridized carbons (Fsp3) is 0.737. The first-order chi connectivity index (χ1) is 12.1. The first-order valence-corrected chi connectivity index (χ1v) is 9.62. The molecule has 1 N–H and O–H groups in total. The Morgan fingerprint density at radius 1 is 1.28 bits per heavy atom. The van der Waals surface area contributed by atoms with Gasteiger partial charge >= 0.3 is 0 Å². The molecule has 3 aliphatic rings. The summed E-state index contributed by atoms with van der Waals surface area (Å²) in [5, 5.41) is 3.55. The number of morpholine rings is 1. The number of anilines is 1. The first-order valence-electron chi connectivity index (χ1n) is 9.62. The second-order valence-corrected chi connectivity index (χ2v) is 7.98. The highest BCUT2D eigenvalue weighted by Gasteiger charge is 2.39. The minimum Gasteiger partial charge on any atom is -0.378 e. The van der Waals surface area contributed by atoms with Gasteiger partial charge in [-0.05, 0) is 37.0 Å². The van der Waals surface area contributed by atoms with Gasteiger partial charge < -0.3 is 15.0 Å². The Morgan fingerprint density at radius 2 is 2.08 bits per heavy atom. The van der Waals surface area contributed by atoms with Gasteiger partial charge in [-0.15, -0.1) is 0 Å². The summed E-state index contributed by atoms with van der Waals surface area (Å²) in [5.74, 6) is 2.54. The van der Waals surface area contributed by atoms with Crippen LogP contribution < -0.4 is 5.32 Å². The Hall–Kier alpha value is -1.69. The monoisotopic (exact) mass is 344 g/mol. The molecule has 25 heavy (non-hydrogen) atoms. The molecule has 136 valence electrons. The van der Waals surface area contributed by atoms with Gasteiger partial charge in [0.15, 0.2) is 0 Å². The summed E-state index contributed by atoms with van der Waals surface area (Å²) in [7, 11) is 0. The van der Waals surface area contributed by atoms with Crippen LogP contribution in [0.1, 0.15) is 61.5 Å². The molecule has 1 amide bonds. The maximum absolute atomic E-state index is 12.9. The number of carbonyl (C=O) groups is 1. The number of carbonyl (C=O) groups excluding carboxylic acids is 1. The molecule has 0 radical (unpaired) electrons. The molecule has 3 fully saturated rings. The molecular formula is C19H28N4O2. The van der Waals surface area contributed by atoms with Crippen molar-refractivity contribution in [1.29, 1.82) is 0 Å². The van der Waals surface area contributed by atoms with Crippen molar-refractivity contribution in [2.45, 2.75) is 51.5 Å². The predicted molar refractivity (Wildman–Crippen MR) is 95.7 cm³/mol. The fourth-order valence-electron chi connectivity index (χ4n) is 4.59. The van der Waals surface area contributed by atoms with Crippen LogP contribution in [0.5, 0.6) is 0 Å². The Kier molecular flexibility index (Phi) is 4.63. The number of aromatic nitrogens is 2. The largest absolute Gasteiger partial charge is 0.378 e. The Balaban J connectivity index is 1.53. The maximum Gasteiger partial charge on any atom is 0.257 e. The van der Waals surface area contributed by atoms with Crippen molar-refractivity contribution in [2.75, 3.05) is 31.6 Å². The zero-order chi connectivity index (χ0) is 17.4. The van der Waals surface area contributed by atoms with E-state index in [-0.39, 0.29) is 11.8 Å². The lowest BCUT2D eigenvalue weighted by molar-refractivity contribution is 0.0301. The van der Waals surface area contributed by atoms with Crippen LogP contribution in [0.4, 0.5) is 5.95 Å². The van der Waals surface area contributed by atoms with E-state index in [1.54, 1.807) is 6.20 Å². The van der Waals surface area contributed by atoms with Crippen molar-refractivity contribution < 1.29 is 9.53 Å². The molecule has 6 nitrogen and oxygen atoms in total. The minimum absolute atomic E-state index is 0.0264. The van der Waals surface area contributed by atoms with Crippen molar-refractivity contribution in [1.82, 2.24) is 14.9 Å². The van der Waals surface area contributed by atoms with Crippen LogP contribution in [0, 0.1) is 11.8 Å². The molecule has 2 heterocycles. The second kappa shape index (κ2) is 6.90. The van der Waals surface area contributed by atoms with E-state index in [1.807, 2.05) is 4.90 Å². The van der Waals surface area contributed by atoms with Crippen molar-refractivity contribution in [3.63, 3.8) is 0 Å². The first kappa shape index (κ1) is 16.8. The Bertz CT molecular complexity index is 642. The SMILES string of the molecule is CC(C)c1nc(NC2CC3CCC2C3)ncc1C(=O)N1CCOCC1. The van der Waals surface area contributed by atoms with Crippen LogP contribution in [-0.2, 0) is 4.74 Å². The number of ether oxygens (including phenoxy) is 1. The highest BCUT2D eigenvalue weighted by molar-refractivity contribution is 5.95. The van der Waals surface area contributed by atoms with Gasteiger partial charge in [0.2, 0.25) is 5.95 Å². The summed E-state index contributed by atoms with van der Waals surface area (Å²) in [6.45, 7) is 6.66. The molecule has 1 saturated heterocycles. The van der Waals surface area contributed by atoms with E-state index in [0.29, 0.717) is 43.9 Å². The van der Waals surface area contributed by atoms with Gasteiger partial charge in [-0.2, -0.15) is 0 Å². The van der Waals surface area contributed by atoms with Gasteiger partial charge in [-0.3, -0.25) is 4.79 Å². The zero-order valence-corrected chi connectivity index (χ0v) is 15.2. The molecular weight excluding hydrogens is 316 g/mol. The molecule has 2 aliphatic carbocycles. The van der Waals surface area contributed by atoms with Crippen molar-refractivity contribution in [3.05, 3.63) is 17.5 Å². The highest BCUT2D eigenvalue weighted by atomic mass is 16.5. The van der Waals surface area contributed by atoms with E-state index < -0.39 is 0 Å². The third-order valence-corrected chi connectivity index (χ3v) is 5.95. The van der Waals surface area contributed by atoms with E-state index in [2.05, 4.69) is 24.1 Å². The lowest BCUT2D eigenvalue weighted by atomic mass is 9.95. The second-order valence-electron chi connectivity index (χ2n) is 7.98. The smallest absolute Gasteiger partial charge is 0.257 e. The van der Waals surface area contributed by atoms with Gasteiger partial charge in [0.05, 0.1) is 24.5 Å². The molecule has 2 saturated carbocycles. The number of amides is 1. The van der Waals surface area contributed by atoms with E-state index in [0.717, 1.165) is 17.5 Å². The molecule has 3 atom stereocenters. The van der Waals surface area contributed by atoms with Gasteiger partial charge in [-0.1, -0.05) is 20.3 Å². The molecule has 0 spiro atoms. The van der Waals surface area contributed by atoms with Crippen molar-refractivity contribution in [3.8, 4) is 0 Å². The highest BCUT2D eigenvalue weighted by Crippen LogP contribution is 2.45. The average Bonchev–Trinajstić information content (AvgIpc) is 3.25. The Labute approximate surface area is 149 Å². The third-order valence-electron chi connectivity index (χ3n) is 5.95. The number of hydrogen-bond donors (Lipinski definition) is 1. The van der Waals surface area contributed by atoms with Crippen LogP contribution in [0.25, 0.3) is 0 Å². The maximum atomic E-state index is 12.9. The Morgan fingerprint density at radius 3 is 2.72 bits per heavy atom. The summed E-state index contributed by atoms with van der Waals surface area (Å²) in [4.78, 5) is 23.9. The minimum atomic E-state index is 0.0264. The third kappa shape index (κ3) is 3.36. The predicted octanol–water partition coefficient (Wildman–Crippen LogP) is 2.67. The summed E-state index contributed by atoms with van der Waals surface area (Å²) in [6.07, 6.45) is 7.01. The number of fused-ring (bicyclic) bond motifs is 2. The lowest BCUT2D eigenvalue weighted by Gasteiger charge is -2.28. The summed E-state index contributed by atoms with van der Waals surface area (Å²) < 4.78 is 5.35. The fourth-order valence-corrected chi connectivity index (χ4v) is 4.59. The number of rotatable bonds is 4. The van der Waals surface area contributed by atoms with Crippen LogP contribution in [0.2, 0.25) is 0 Å². The summed E-state index contributed by atoms with van der Waals surface area (Å²) in [6, 6.07) is 0.500. The molecule has 6 heteroatoms. The quantitative estimate of drug-likeness (QED) is 0.909. The molecule has 2 bridgehead atoms. The van der Waals surface area contributed by atoms with Crippen molar-refractivity contribution >= 4 is 11.9 Å². The van der Waals surface area contributed by atoms with Gasteiger partial charge in [0.25, 0.3) is 5.91 Å². The van der Waals surface area contributed by atoms with Gasteiger partial charge in [0, 0.05) is 25.3 Å². The van der Waals surface area contributed by atoms with E-state index in [4.69, 9.17) is 9.72 Å². The summed E-state index contributed by atoms with van der Waals surface area (Å²) in [5.41, 5.74) is 1.48.